The van der Waals surface area contributed by atoms with Crippen LogP contribution in [0, 0.1) is 0 Å². The first-order valence-corrected chi connectivity index (χ1v) is 6.12. The number of rotatable bonds is 5. The molecule has 3 nitrogen and oxygen atoms in total. The van der Waals surface area contributed by atoms with Crippen LogP contribution >= 0.6 is 11.6 Å². The van der Waals surface area contributed by atoms with Gasteiger partial charge in [0.05, 0.1) is 5.02 Å². The number of nitrogens with one attached hydrogen (secondary N) is 1. The van der Waals surface area contributed by atoms with Gasteiger partial charge in [0.15, 0.2) is 0 Å². The van der Waals surface area contributed by atoms with Gasteiger partial charge in [-0.3, -0.25) is 4.90 Å². The molecule has 88 valence electrons. The van der Waals surface area contributed by atoms with Crippen molar-refractivity contribution >= 4 is 17.4 Å². The number of hydrogen-bond acceptors (Lipinski definition) is 3. The van der Waals surface area contributed by atoms with Crippen molar-refractivity contribution in [2.75, 3.05) is 18.9 Å². The van der Waals surface area contributed by atoms with E-state index in [0.29, 0.717) is 11.1 Å². The molecule has 0 aliphatic heterocycles. The maximum atomic E-state index is 6.02. The zero-order valence-electron chi connectivity index (χ0n) is 9.78. The van der Waals surface area contributed by atoms with E-state index in [1.807, 2.05) is 12.1 Å². The van der Waals surface area contributed by atoms with E-state index in [9.17, 15) is 0 Å². The maximum absolute atomic E-state index is 6.02. The summed E-state index contributed by atoms with van der Waals surface area (Å²) in [5, 5.41) is 3.98. The van der Waals surface area contributed by atoms with E-state index in [1.165, 1.54) is 12.8 Å². The number of likely N-dealkylation sites (N-methyl/N-ethyl adjacent to an activating group) is 1. The minimum absolute atomic E-state index is 0.505. The smallest absolute Gasteiger partial charge is 0.144 e. The first kappa shape index (κ1) is 11.7. The lowest BCUT2D eigenvalue weighted by molar-refractivity contribution is 0.257. The summed E-state index contributed by atoms with van der Waals surface area (Å²) in [5.74, 6) is 0.778. The lowest BCUT2D eigenvalue weighted by Gasteiger charge is -2.24. The highest BCUT2D eigenvalue weighted by Crippen LogP contribution is 2.27. The van der Waals surface area contributed by atoms with Crippen LogP contribution in [0.1, 0.15) is 19.8 Å². The molecule has 1 aromatic rings. The molecule has 4 heteroatoms. The Hall–Kier alpha value is -0.800. The van der Waals surface area contributed by atoms with Gasteiger partial charge in [0.1, 0.15) is 5.82 Å². The normalized spacial score (nSPS) is 17.5. The molecular formula is C12H18ClN3. The van der Waals surface area contributed by atoms with Gasteiger partial charge in [0.25, 0.3) is 0 Å². The predicted octanol–water partition coefficient (Wildman–Crippen LogP) is 2.63. The van der Waals surface area contributed by atoms with Gasteiger partial charge in [-0.05, 0) is 38.9 Å². The van der Waals surface area contributed by atoms with Crippen LogP contribution in [0.25, 0.3) is 0 Å². The monoisotopic (exact) mass is 239 g/mol. The van der Waals surface area contributed by atoms with Crippen LogP contribution in [0.5, 0.6) is 0 Å². The SMILES string of the molecule is CC(CNc1ncccc1Cl)N(C)C1CC1. The number of halogens is 1. The first-order valence-electron chi connectivity index (χ1n) is 5.75. The Morgan fingerprint density at radius 3 is 3.00 bits per heavy atom. The van der Waals surface area contributed by atoms with Crippen LogP contribution in [0.4, 0.5) is 5.82 Å². The third-order valence-corrected chi connectivity index (χ3v) is 3.45. The van der Waals surface area contributed by atoms with Gasteiger partial charge in [0.2, 0.25) is 0 Å². The largest absolute Gasteiger partial charge is 0.367 e. The minimum atomic E-state index is 0.505. The number of hydrogen-bond donors (Lipinski definition) is 1. The van der Waals surface area contributed by atoms with Crippen LogP contribution in [-0.4, -0.2) is 35.6 Å². The van der Waals surface area contributed by atoms with Gasteiger partial charge in [-0.1, -0.05) is 11.6 Å². The van der Waals surface area contributed by atoms with Crippen molar-refractivity contribution in [1.82, 2.24) is 9.88 Å². The summed E-state index contributed by atoms with van der Waals surface area (Å²) in [5.41, 5.74) is 0. The zero-order chi connectivity index (χ0) is 11.5. The summed E-state index contributed by atoms with van der Waals surface area (Å²) in [7, 11) is 2.18. The number of aromatic nitrogens is 1. The van der Waals surface area contributed by atoms with Gasteiger partial charge in [-0.2, -0.15) is 0 Å². The van der Waals surface area contributed by atoms with Crippen molar-refractivity contribution < 1.29 is 0 Å². The second kappa shape index (κ2) is 5.02. The summed E-state index contributed by atoms with van der Waals surface area (Å²) in [6, 6.07) is 4.99. The topological polar surface area (TPSA) is 28.2 Å². The minimum Gasteiger partial charge on any atom is -0.367 e. The molecule has 1 atom stereocenters. The molecule has 2 rings (SSSR count). The van der Waals surface area contributed by atoms with E-state index in [0.717, 1.165) is 18.4 Å². The molecule has 1 heterocycles. The summed E-state index contributed by atoms with van der Waals surface area (Å²) in [6.07, 6.45) is 4.43. The molecular weight excluding hydrogens is 222 g/mol. The quantitative estimate of drug-likeness (QED) is 0.856. The molecule has 0 bridgehead atoms. The van der Waals surface area contributed by atoms with E-state index >= 15 is 0 Å². The standard InChI is InChI=1S/C12H18ClN3/c1-9(16(2)10-5-6-10)8-15-12-11(13)4-3-7-14-12/h3-4,7,9-10H,5-6,8H2,1-2H3,(H,14,15). The Kier molecular flexibility index (Phi) is 3.66. The molecule has 1 N–H and O–H groups in total. The molecule has 16 heavy (non-hydrogen) atoms. The second-order valence-electron chi connectivity index (χ2n) is 4.46. The fourth-order valence-corrected chi connectivity index (χ4v) is 1.93. The van der Waals surface area contributed by atoms with Gasteiger partial charge in [-0.25, -0.2) is 4.98 Å². The molecule has 1 aliphatic carbocycles. The number of pyridine rings is 1. The van der Waals surface area contributed by atoms with Gasteiger partial charge < -0.3 is 5.32 Å². The maximum Gasteiger partial charge on any atom is 0.144 e. The van der Waals surface area contributed by atoms with Crippen molar-refractivity contribution in [2.45, 2.75) is 31.8 Å². The van der Waals surface area contributed by atoms with Gasteiger partial charge in [-0.15, -0.1) is 0 Å². The lowest BCUT2D eigenvalue weighted by Crippen LogP contribution is -2.36. The van der Waals surface area contributed by atoms with Crippen LogP contribution in [0.3, 0.4) is 0 Å². The van der Waals surface area contributed by atoms with Crippen LogP contribution in [-0.2, 0) is 0 Å². The van der Waals surface area contributed by atoms with Crippen molar-refractivity contribution in [3.05, 3.63) is 23.4 Å². The van der Waals surface area contributed by atoms with E-state index in [-0.39, 0.29) is 0 Å². The van der Waals surface area contributed by atoms with Gasteiger partial charge >= 0.3 is 0 Å². The Balaban J connectivity index is 1.84. The Morgan fingerprint density at radius 2 is 2.38 bits per heavy atom. The highest BCUT2D eigenvalue weighted by Gasteiger charge is 2.28. The highest BCUT2D eigenvalue weighted by molar-refractivity contribution is 6.32. The third kappa shape index (κ3) is 2.86. The van der Waals surface area contributed by atoms with E-state index in [2.05, 4.69) is 29.2 Å². The van der Waals surface area contributed by atoms with E-state index in [4.69, 9.17) is 11.6 Å². The van der Waals surface area contributed by atoms with Gasteiger partial charge in [0, 0.05) is 24.8 Å². The molecule has 0 spiro atoms. The molecule has 1 aromatic heterocycles. The van der Waals surface area contributed by atoms with Crippen molar-refractivity contribution in [1.29, 1.82) is 0 Å². The Bertz CT molecular complexity index is 352. The molecule has 1 fully saturated rings. The highest BCUT2D eigenvalue weighted by atomic mass is 35.5. The molecule has 0 radical (unpaired) electrons. The van der Waals surface area contributed by atoms with Crippen molar-refractivity contribution in [3.8, 4) is 0 Å². The molecule has 1 aliphatic rings. The van der Waals surface area contributed by atoms with Crippen molar-refractivity contribution in [3.63, 3.8) is 0 Å². The second-order valence-corrected chi connectivity index (χ2v) is 4.87. The molecule has 0 saturated heterocycles. The molecule has 0 amide bonds. The summed E-state index contributed by atoms with van der Waals surface area (Å²) < 4.78 is 0. The molecule has 1 unspecified atom stereocenters. The Morgan fingerprint density at radius 1 is 1.62 bits per heavy atom. The van der Waals surface area contributed by atoms with E-state index < -0.39 is 0 Å². The third-order valence-electron chi connectivity index (χ3n) is 3.14. The fraction of sp³-hybridized carbons (Fsp3) is 0.583. The summed E-state index contributed by atoms with van der Waals surface area (Å²) in [4.78, 5) is 6.63. The number of anilines is 1. The van der Waals surface area contributed by atoms with Crippen LogP contribution < -0.4 is 5.32 Å². The fourth-order valence-electron chi connectivity index (χ4n) is 1.75. The lowest BCUT2D eigenvalue weighted by atomic mass is 10.3. The zero-order valence-corrected chi connectivity index (χ0v) is 10.5. The van der Waals surface area contributed by atoms with Crippen LogP contribution in [0.2, 0.25) is 5.02 Å². The summed E-state index contributed by atoms with van der Waals surface area (Å²) >= 11 is 6.02. The number of nitrogens with zero attached hydrogens (tertiary/aromatic N) is 2. The van der Waals surface area contributed by atoms with E-state index in [1.54, 1.807) is 6.20 Å². The average Bonchev–Trinajstić information content (AvgIpc) is 3.10. The average molecular weight is 240 g/mol. The summed E-state index contributed by atoms with van der Waals surface area (Å²) in [6.45, 7) is 3.10. The molecule has 0 aromatic carbocycles. The van der Waals surface area contributed by atoms with Crippen LogP contribution in [0.15, 0.2) is 18.3 Å². The first-order chi connectivity index (χ1) is 7.68. The molecule has 1 saturated carbocycles. The Labute approximate surface area is 102 Å². The predicted molar refractivity (Wildman–Crippen MR) is 68.0 cm³/mol. The van der Waals surface area contributed by atoms with Crippen molar-refractivity contribution in [2.24, 2.45) is 0 Å².